The number of hydrogen-bond acceptors (Lipinski definition) is 3. The molecule has 0 aromatic heterocycles. The number of nitrogens with one attached hydrogen (secondary N) is 2. The quantitative estimate of drug-likeness (QED) is 0.598. The van der Waals surface area contributed by atoms with Gasteiger partial charge in [-0.3, -0.25) is 4.99 Å². The van der Waals surface area contributed by atoms with Crippen LogP contribution in [-0.2, 0) is 0 Å². The summed E-state index contributed by atoms with van der Waals surface area (Å²) in [4.78, 5) is 9.41. The van der Waals surface area contributed by atoms with Crippen molar-refractivity contribution >= 4 is 5.96 Å². The SMILES string of the molecule is CN=C(NCCC1CCN(C)CC1)NC1CCN(C(C)C)CC1. The summed E-state index contributed by atoms with van der Waals surface area (Å²) in [5, 5.41) is 7.13. The van der Waals surface area contributed by atoms with Crippen molar-refractivity contribution in [2.75, 3.05) is 46.8 Å². The molecule has 0 unspecified atom stereocenters. The van der Waals surface area contributed by atoms with Crippen molar-refractivity contribution in [3.63, 3.8) is 0 Å². The Morgan fingerprint density at radius 2 is 1.74 bits per heavy atom. The number of rotatable bonds is 5. The van der Waals surface area contributed by atoms with Crippen molar-refractivity contribution in [2.24, 2.45) is 10.9 Å². The number of guanidine groups is 1. The van der Waals surface area contributed by atoms with Crippen molar-refractivity contribution in [3.8, 4) is 0 Å². The fourth-order valence-corrected chi connectivity index (χ4v) is 3.69. The molecule has 2 N–H and O–H groups in total. The first-order chi connectivity index (χ1) is 11.1. The van der Waals surface area contributed by atoms with Crippen LogP contribution in [0.15, 0.2) is 4.99 Å². The minimum Gasteiger partial charge on any atom is -0.356 e. The lowest BCUT2D eigenvalue weighted by atomic mass is 9.94. The smallest absolute Gasteiger partial charge is 0.191 e. The Bertz CT molecular complexity index is 352. The van der Waals surface area contributed by atoms with Crippen LogP contribution in [-0.4, -0.2) is 74.7 Å². The van der Waals surface area contributed by atoms with Crippen molar-refractivity contribution in [2.45, 2.75) is 58.0 Å². The molecule has 2 fully saturated rings. The molecule has 2 saturated heterocycles. The van der Waals surface area contributed by atoms with Gasteiger partial charge in [0.05, 0.1) is 0 Å². The lowest BCUT2D eigenvalue weighted by Gasteiger charge is -2.35. The van der Waals surface area contributed by atoms with Gasteiger partial charge in [0.25, 0.3) is 0 Å². The average molecular weight is 324 g/mol. The third-order valence-corrected chi connectivity index (χ3v) is 5.51. The average Bonchev–Trinajstić information content (AvgIpc) is 2.56. The van der Waals surface area contributed by atoms with Gasteiger partial charge in [0.2, 0.25) is 0 Å². The van der Waals surface area contributed by atoms with Gasteiger partial charge in [0.15, 0.2) is 5.96 Å². The van der Waals surface area contributed by atoms with Gasteiger partial charge in [-0.1, -0.05) is 0 Å². The van der Waals surface area contributed by atoms with Crippen LogP contribution in [0.4, 0.5) is 0 Å². The summed E-state index contributed by atoms with van der Waals surface area (Å²) in [5.74, 6) is 1.87. The van der Waals surface area contributed by atoms with Gasteiger partial charge in [-0.05, 0) is 72.0 Å². The zero-order valence-corrected chi connectivity index (χ0v) is 15.6. The first kappa shape index (κ1) is 18.5. The van der Waals surface area contributed by atoms with Crippen LogP contribution in [0.1, 0.15) is 46.0 Å². The number of hydrogen-bond donors (Lipinski definition) is 2. The van der Waals surface area contributed by atoms with Gasteiger partial charge in [-0.25, -0.2) is 0 Å². The molecule has 0 spiro atoms. The maximum absolute atomic E-state index is 4.40. The van der Waals surface area contributed by atoms with E-state index in [2.05, 4.69) is 46.3 Å². The second-order valence-corrected chi connectivity index (χ2v) is 7.58. The first-order valence-electron chi connectivity index (χ1n) is 9.48. The summed E-state index contributed by atoms with van der Waals surface area (Å²) >= 11 is 0. The Labute approximate surface area is 142 Å². The molecule has 0 aromatic carbocycles. The zero-order chi connectivity index (χ0) is 16.7. The van der Waals surface area contributed by atoms with Crippen LogP contribution in [0.2, 0.25) is 0 Å². The lowest BCUT2D eigenvalue weighted by Crippen LogP contribution is -2.50. The van der Waals surface area contributed by atoms with Gasteiger partial charge >= 0.3 is 0 Å². The maximum Gasteiger partial charge on any atom is 0.191 e. The second kappa shape index (κ2) is 9.48. The van der Waals surface area contributed by atoms with Crippen LogP contribution in [0.25, 0.3) is 0 Å². The highest BCUT2D eigenvalue weighted by molar-refractivity contribution is 5.79. The maximum atomic E-state index is 4.40. The predicted molar refractivity (Wildman–Crippen MR) is 99.1 cm³/mol. The molecule has 5 heteroatoms. The highest BCUT2D eigenvalue weighted by Crippen LogP contribution is 2.18. The lowest BCUT2D eigenvalue weighted by molar-refractivity contribution is 0.167. The van der Waals surface area contributed by atoms with Crippen molar-refractivity contribution in [3.05, 3.63) is 0 Å². The minimum absolute atomic E-state index is 0.569. The third kappa shape index (κ3) is 6.30. The first-order valence-corrected chi connectivity index (χ1v) is 9.48. The molecule has 0 aliphatic carbocycles. The van der Waals surface area contributed by atoms with E-state index in [0.717, 1.165) is 18.4 Å². The van der Waals surface area contributed by atoms with Gasteiger partial charge in [-0.15, -0.1) is 0 Å². The van der Waals surface area contributed by atoms with Crippen LogP contribution in [0, 0.1) is 5.92 Å². The molecule has 134 valence electrons. The normalized spacial score (nSPS) is 23.4. The zero-order valence-electron chi connectivity index (χ0n) is 15.6. The van der Waals surface area contributed by atoms with E-state index in [1.54, 1.807) is 0 Å². The number of likely N-dealkylation sites (tertiary alicyclic amines) is 2. The molecule has 0 radical (unpaired) electrons. The third-order valence-electron chi connectivity index (χ3n) is 5.51. The molecule has 2 aliphatic heterocycles. The van der Waals surface area contributed by atoms with E-state index in [1.165, 1.54) is 58.3 Å². The molecule has 2 rings (SSSR count). The topological polar surface area (TPSA) is 42.9 Å². The summed E-state index contributed by atoms with van der Waals surface area (Å²) in [6.45, 7) is 10.5. The van der Waals surface area contributed by atoms with Gasteiger partial charge < -0.3 is 20.4 Å². The van der Waals surface area contributed by atoms with Crippen LogP contribution in [0.5, 0.6) is 0 Å². The summed E-state index contributed by atoms with van der Waals surface area (Å²) in [5.41, 5.74) is 0. The number of aliphatic imine (C=N–C) groups is 1. The molecule has 0 amide bonds. The molecule has 23 heavy (non-hydrogen) atoms. The monoisotopic (exact) mass is 323 g/mol. The van der Waals surface area contributed by atoms with E-state index in [4.69, 9.17) is 0 Å². The van der Waals surface area contributed by atoms with E-state index in [0.29, 0.717) is 12.1 Å². The molecule has 5 nitrogen and oxygen atoms in total. The standard InChI is InChI=1S/C18H37N5/c1-15(2)23-13-8-17(9-14-23)21-18(19-3)20-10-5-16-6-11-22(4)12-7-16/h15-17H,5-14H2,1-4H3,(H2,19,20,21). The molecule has 0 aromatic rings. The molecule has 2 aliphatic rings. The summed E-state index contributed by atoms with van der Waals surface area (Å²) in [6.07, 6.45) is 6.39. The highest BCUT2D eigenvalue weighted by Gasteiger charge is 2.21. The second-order valence-electron chi connectivity index (χ2n) is 7.58. The van der Waals surface area contributed by atoms with E-state index in [-0.39, 0.29) is 0 Å². The summed E-state index contributed by atoms with van der Waals surface area (Å²) < 4.78 is 0. The summed E-state index contributed by atoms with van der Waals surface area (Å²) in [6, 6.07) is 1.24. The van der Waals surface area contributed by atoms with Crippen LogP contribution >= 0.6 is 0 Å². The summed E-state index contributed by atoms with van der Waals surface area (Å²) in [7, 11) is 4.11. The van der Waals surface area contributed by atoms with E-state index in [9.17, 15) is 0 Å². The Kier molecular flexibility index (Phi) is 7.63. The molecular formula is C18H37N5. The van der Waals surface area contributed by atoms with Gasteiger partial charge in [-0.2, -0.15) is 0 Å². The fraction of sp³-hybridized carbons (Fsp3) is 0.944. The van der Waals surface area contributed by atoms with Crippen LogP contribution < -0.4 is 10.6 Å². The number of piperidine rings is 2. The van der Waals surface area contributed by atoms with Crippen molar-refractivity contribution in [1.82, 2.24) is 20.4 Å². The van der Waals surface area contributed by atoms with Gasteiger partial charge in [0.1, 0.15) is 0 Å². The molecular weight excluding hydrogens is 286 g/mol. The van der Waals surface area contributed by atoms with Crippen LogP contribution in [0.3, 0.4) is 0 Å². The largest absolute Gasteiger partial charge is 0.356 e. The van der Waals surface area contributed by atoms with E-state index >= 15 is 0 Å². The predicted octanol–water partition coefficient (Wildman–Crippen LogP) is 1.76. The Morgan fingerprint density at radius 3 is 2.30 bits per heavy atom. The highest BCUT2D eigenvalue weighted by atomic mass is 15.2. The molecule has 0 atom stereocenters. The fourth-order valence-electron chi connectivity index (χ4n) is 3.69. The molecule has 2 heterocycles. The van der Waals surface area contributed by atoms with E-state index < -0.39 is 0 Å². The Balaban J connectivity index is 1.62. The van der Waals surface area contributed by atoms with Crippen molar-refractivity contribution in [1.29, 1.82) is 0 Å². The minimum atomic E-state index is 0.569. The Hall–Kier alpha value is -0.810. The Morgan fingerprint density at radius 1 is 1.09 bits per heavy atom. The van der Waals surface area contributed by atoms with Crippen molar-refractivity contribution < 1.29 is 0 Å². The van der Waals surface area contributed by atoms with Gasteiger partial charge in [0, 0.05) is 38.8 Å². The molecule has 0 bridgehead atoms. The van der Waals surface area contributed by atoms with E-state index in [1.807, 2.05) is 7.05 Å². The molecule has 0 saturated carbocycles. The number of nitrogens with zero attached hydrogens (tertiary/aromatic N) is 3.